The molecule has 210 valence electrons. The van der Waals surface area contributed by atoms with Crippen molar-refractivity contribution in [3.8, 4) is 34.0 Å². The number of nitrogens with zero attached hydrogens (tertiary/aromatic N) is 4. The lowest BCUT2D eigenvalue weighted by Gasteiger charge is -2.15. The smallest absolute Gasteiger partial charge is 0.238 e. The van der Waals surface area contributed by atoms with E-state index in [2.05, 4.69) is 95.6 Å². The summed E-state index contributed by atoms with van der Waals surface area (Å²) in [6, 6.07) is 45.1. The monoisotopic (exact) mass is 584 g/mol. The molecule has 0 N–H and O–H groups in total. The van der Waals surface area contributed by atoms with Crippen molar-refractivity contribution >= 4 is 39.8 Å². The lowest BCUT2D eigenvalue weighted by Crippen LogP contribution is -2.07. The van der Waals surface area contributed by atoms with Gasteiger partial charge in [0.05, 0.1) is 11.0 Å². The molecule has 4 nitrogen and oxygen atoms in total. The van der Waals surface area contributed by atoms with E-state index in [1.54, 1.807) is 10.9 Å². The van der Waals surface area contributed by atoms with Crippen molar-refractivity contribution in [1.82, 2.24) is 19.5 Å². The number of para-hydroxylation sites is 1. The molecule has 0 aliphatic heterocycles. The first-order valence-electron chi connectivity index (χ1n) is 15.4. The lowest BCUT2D eigenvalue weighted by molar-refractivity contribution is 0.700. The van der Waals surface area contributed by atoms with Gasteiger partial charge in [0.25, 0.3) is 0 Å². The molecule has 0 spiro atoms. The second-order valence-corrected chi connectivity index (χ2v) is 13.7. The Kier molecular flexibility index (Phi) is 5.95. The van der Waals surface area contributed by atoms with E-state index in [1.165, 1.54) is 51.4 Å². The number of rotatable bonds is 4. The van der Waals surface area contributed by atoms with Gasteiger partial charge in [-0.15, -0.1) is 0 Å². The molecule has 3 heterocycles. The van der Waals surface area contributed by atoms with Gasteiger partial charge < -0.3 is 0 Å². The predicted molar refractivity (Wildman–Crippen MR) is 183 cm³/mol. The van der Waals surface area contributed by atoms with E-state index in [0.29, 0.717) is 17.6 Å². The van der Waals surface area contributed by atoms with E-state index in [0.717, 1.165) is 23.1 Å². The Hall–Kier alpha value is -5.05. The third kappa shape index (κ3) is 3.95. The number of hydrogen-bond donors (Lipinski definition) is 0. The Morgan fingerprint density at radius 2 is 1.16 bits per heavy atom. The van der Waals surface area contributed by atoms with Crippen LogP contribution in [0.25, 0.3) is 66.3 Å². The Morgan fingerprint density at radius 3 is 1.86 bits per heavy atom. The van der Waals surface area contributed by atoms with Crippen LogP contribution in [0.2, 0.25) is 0 Å². The van der Waals surface area contributed by atoms with Gasteiger partial charge in [0.2, 0.25) is 5.95 Å². The zero-order valence-corrected chi connectivity index (χ0v) is 25.1. The highest BCUT2D eigenvalue weighted by atomic mass is 31.1. The highest BCUT2D eigenvalue weighted by Crippen LogP contribution is 2.57. The van der Waals surface area contributed by atoms with Crippen LogP contribution >= 0.6 is 7.53 Å². The summed E-state index contributed by atoms with van der Waals surface area (Å²) >= 11 is 0. The highest BCUT2D eigenvalue weighted by Gasteiger charge is 2.27. The number of fused-ring (bicyclic) bond motifs is 7. The van der Waals surface area contributed by atoms with Crippen LogP contribution in [0.1, 0.15) is 23.7 Å². The largest absolute Gasteiger partial charge is 0.277 e. The molecule has 44 heavy (non-hydrogen) atoms. The summed E-state index contributed by atoms with van der Waals surface area (Å²) in [5, 5.41) is 8.45. The Labute approximate surface area is 256 Å². The SMILES string of the molecule is c1ccc(-c2nc(-c3ccccc3)nc(-n3c4ccccc4c4ccc5c(c6c(p5-c5ccccc5)CCCC6)c43)n2)cc1. The van der Waals surface area contributed by atoms with Gasteiger partial charge in [-0.25, -0.2) is 4.98 Å². The van der Waals surface area contributed by atoms with Crippen LogP contribution in [-0.2, 0) is 12.8 Å². The first-order chi connectivity index (χ1) is 21.8. The molecule has 0 fully saturated rings. The second-order valence-electron chi connectivity index (χ2n) is 11.5. The molecular weight excluding hydrogens is 555 g/mol. The summed E-state index contributed by atoms with van der Waals surface area (Å²) in [7, 11) is -0.569. The molecule has 8 aromatic rings. The van der Waals surface area contributed by atoms with Crippen molar-refractivity contribution in [3.05, 3.63) is 138 Å². The van der Waals surface area contributed by atoms with Crippen LogP contribution < -0.4 is 0 Å². The number of benzene rings is 5. The molecule has 3 aromatic heterocycles. The number of hydrogen-bond acceptors (Lipinski definition) is 3. The van der Waals surface area contributed by atoms with Crippen LogP contribution in [0.5, 0.6) is 0 Å². The Balaban J connectivity index is 1.43. The van der Waals surface area contributed by atoms with E-state index in [9.17, 15) is 0 Å². The molecule has 1 aliphatic carbocycles. The van der Waals surface area contributed by atoms with Crippen molar-refractivity contribution in [1.29, 1.82) is 0 Å². The first kappa shape index (κ1) is 25.4. The molecule has 0 radical (unpaired) electrons. The second kappa shape index (κ2) is 10.3. The van der Waals surface area contributed by atoms with Gasteiger partial charge in [-0.1, -0.05) is 123 Å². The molecule has 1 aliphatic rings. The van der Waals surface area contributed by atoms with Gasteiger partial charge >= 0.3 is 0 Å². The van der Waals surface area contributed by atoms with Gasteiger partial charge in [0.15, 0.2) is 11.6 Å². The van der Waals surface area contributed by atoms with E-state index in [-0.39, 0.29) is 0 Å². The minimum Gasteiger partial charge on any atom is -0.277 e. The van der Waals surface area contributed by atoms with Crippen LogP contribution in [0.4, 0.5) is 0 Å². The molecule has 0 bridgehead atoms. The maximum absolute atomic E-state index is 5.21. The Bertz CT molecular complexity index is 2260. The number of aromatic nitrogens is 4. The molecule has 5 aromatic carbocycles. The fourth-order valence-electron chi connectivity index (χ4n) is 7.06. The van der Waals surface area contributed by atoms with Crippen molar-refractivity contribution in [3.63, 3.8) is 0 Å². The van der Waals surface area contributed by atoms with Crippen LogP contribution in [0, 0.1) is 0 Å². The van der Waals surface area contributed by atoms with Crippen molar-refractivity contribution in [2.75, 3.05) is 0 Å². The average Bonchev–Trinajstić information content (AvgIpc) is 3.62. The van der Waals surface area contributed by atoms with E-state index < -0.39 is 7.53 Å². The van der Waals surface area contributed by atoms with Gasteiger partial charge in [-0.2, -0.15) is 9.97 Å². The maximum atomic E-state index is 5.21. The summed E-state index contributed by atoms with van der Waals surface area (Å²) in [6.45, 7) is 0. The summed E-state index contributed by atoms with van der Waals surface area (Å²) in [5.74, 6) is 2.01. The Morgan fingerprint density at radius 1 is 0.545 bits per heavy atom. The molecule has 0 amide bonds. The van der Waals surface area contributed by atoms with Crippen LogP contribution in [-0.4, -0.2) is 19.5 Å². The first-order valence-corrected chi connectivity index (χ1v) is 16.7. The summed E-state index contributed by atoms with van der Waals surface area (Å²) in [6.07, 6.45) is 4.79. The molecule has 1 atom stereocenters. The quantitative estimate of drug-likeness (QED) is 0.207. The van der Waals surface area contributed by atoms with Crippen LogP contribution in [0.3, 0.4) is 0 Å². The molecule has 0 saturated heterocycles. The molecule has 1 unspecified atom stereocenters. The number of aryl methyl sites for hydroxylation is 1. The summed E-state index contributed by atoms with van der Waals surface area (Å²) < 4.78 is 2.33. The molecule has 9 rings (SSSR count). The fourth-order valence-corrected chi connectivity index (χ4v) is 9.97. The van der Waals surface area contributed by atoms with E-state index in [4.69, 9.17) is 15.0 Å². The molecular formula is C39H29N4P. The molecule has 0 saturated carbocycles. The third-order valence-electron chi connectivity index (χ3n) is 8.97. The summed E-state index contributed by atoms with van der Waals surface area (Å²) in [4.78, 5) is 15.4. The fraction of sp³-hybridized carbons (Fsp3) is 0.103. The predicted octanol–water partition coefficient (Wildman–Crippen LogP) is 10.3. The average molecular weight is 585 g/mol. The van der Waals surface area contributed by atoms with E-state index >= 15 is 0 Å². The normalized spacial score (nSPS) is 13.5. The van der Waals surface area contributed by atoms with Gasteiger partial charge in [0, 0.05) is 32.4 Å². The van der Waals surface area contributed by atoms with Gasteiger partial charge in [-0.05, 0) is 54.0 Å². The summed E-state index contributed by atoms with van der Waals surface area (Å²) in [5.41, 5.74) is 5.85. The van der Waals surface area contributed by atoms with Crippen molar-refractivity contribution < 1.29 is 0 Å². The lowest BCUT2D eigenvalue weighted by atomic mass is 9.95. The van der Waals surface area contributed by atoms with Gasteiger partial charge in [-0.3, -0.25) is 4.57 Å². The molecule has 5 heteroatoms. The zero-order valence-electron chi connectivity index (χ0n) is 24.2. The van der Waals surface area contributed by atoms with Crippen LogP contribution in [0.15, 0.2) is 127 Å². The van der Waals surface area contributed by atoms with E-state index in [1.807, 2.05) is 36.4 Å². The minimum atomic E-state index is -0.569. The topological polar surface area (TPSA) is 43.6 Å². The maximum Gasteiger partial charge on any atom is 0.238 e. The highest BCUT2D eigenvalue weighted by molar-refractivity contribution is 7.63. The minimum absolute atomic E-state index is 0.569. The standard InChI is InChI=1S/C39H29N4P/c1-4-14-26(15-5-1)37-40-38(27-16-6-2-7-17-27)42-39(41-37)43-32-22-12-10-20-29(32)30-24-25-34-35(36(30)43)31-21-11-13-23-33(31)44(34)28-18-8-3-9-19-28/h1-10,12,14-20,22,24-25H,11,13,21,23H2. The van der Waals surface area contributed by atoms with Crippen molar-refractivity contribution in [2.45, 2.75) is 25.7 Å². The third-order valence-corrected chi connectivity index (χ3v) is 11.7. The zero-order chi connectivity index (χ0) is 29.0. The van der Waals surface area contributed by atoms with Gasteiger partial charge in [0.1, 0.15) is 0 Å². The van der Waals surface area contributed by atoms with Crippen molar-refractivity contribution in [2.24, 2.45) is 0 Å².